The van der Waals surface area contributed by atoms with Gasteiger partial charge in [-0.2, -0.15) is 5.10 Å². The van der Waals surface area contributed by atoms with E-state index >= 15 is 0 Å². The molecule has 0 spiro atoms. The van der Waals surface area contributed by atoms with Crippen molar-refractivity contribution in [1.82, 2.24) is 0 Å². The normalized spacial score (nSPS) is 10.8. The predicted octanol–water partition coefficient (Wildman–Crippen LogP) is 3.76. The van der Waals surface area contributed by atoms with Crippen molar-refractivity contribution in [3.8, 4) is 0 Å². The summed E-state index contributed by atoms with van der Waals surface area (Å²) in [5.74, 6) is 0. The minimum Gasteiger partial charge on any atom is -0.266 e. The molecule has 0 radical (unpaired) electrons. The zero-order chi connectivity index (χ0) is 15.2. The number of benzene rings is 2. The van der Waals surface area contributed by atoms with E-state index in [1.54, 1.807) is 18.3 Å². The summed E-state index contributed by atoms with van der Waals surface area (Å²) in [7, 11) is 0. The van der Waals surface area contributed by atoms with Crippen LogP contribution >= 0.6 is 0 Å². The minimum absolute atomic E-state index is 0.0815. The Bertz CT molecular complexity index is 634. The first-order valence-electron chi connectivity index (χ1n) is 6.73. The molecular weight excluding hydrogens is 266 g/mol. The molecule has 0 aliphatic rings. The fourth-order valence-electron chi connectivity index (χ4n) is 1.87. The fraction of sp³-hybridized carbons (Fsp3) is 0.188. The lowest BCUT2D eigenvalue weighted by Gasteiger charge is -2.16. The van der Waals surface area contributed by atoms with Gasteiger partial charge in [0.2, 0.25) is 0 Å². The molecule has 0 unspecified atom stereocenters. The molecule has 0 bridgehead atoms. The largest absolute Gasteiger partial charge is 0.269 e. The monoisotopic (exact) mass is 283 g/mol. The third-order valence-corrected chi connectivity index (χ3v) is 3.08. The highest BCUT2D eigenvalue weighted by Gasteiger charge is 2.04. The van der Waals surface area contributed by atoms with Gasteiger partial charge in [-0.25, -0.2) is 0 Å². The van der Waals surface area contributed by atoms with Gasteiger partial charge in [-0.1, -0.05) is 17.7 Å². The zero-order valence-corrected chi connectivity index (χ0v) is 12.1. The number of nitrogens with zero attached hydrogens (tertiary/aromatic N) is 3. The summed E-state index contributed by atoms with van der Waals surface area (Å²) in [6, 6.07) is 14.4. The quantitative estimate of drug-likeness (QED) is 0.477. The molecule has 0 saturated heterocycles. The lowest BCUT2D eigenvalue weighted by molar-refractivity contribution is -0.384. The van der Waals surface area contributed by atoms with Crippen molar-refractivity contribution in [2.45, 2.75) is 13.8 Å². The van der Waals surface area contributed by atoms with E-state index in [-0.39, 0.29) is 5.69 Å². The van der Waals surface area contributed by atoms with E-state index in [0.29, 0.717) is 0 Å². The molecule has 2 aromatic rings. The van der Waals surface area contributed by atoms with Crippen LogP contribution in [0.5, 0.6) is 0 Å². The van der Waals surface area contributed by atoms with E-state index < -0.39 is 4.92 Å². The molecule has 21 heavy (non-hydrogen) atoms. The molecule has 2 rings (SSSR count). The molecule has 0 fully saturated rings. The van der Waals surface area contributed by atoms with Gasteiger partial charge in [0.1, 0.15) is 0 Å². The van der Waals surface area contributed by atoms with Crippen LogP contribution in [0.1, 0.15) is 18.1 Å². The molecule has 2 aromatic carbocycles. The first-order valence-corrected chi connectivity index (χ1v) is 6.73. The molecule has 0 aromatic heterocycles. The van der Waals surface area contributed by atoms with Gasteiger partial charge in [-0.3, -0.25) is 15.1 Å². The molecule has 0 heterocycles. The van der Waals surface area contributed by atoms with E-state index in [1.807, 2.05) is 43.1 Å². The van der Waals surface area contributed by atoms with Crippen molar-refractivity contribution in [1.29, 1.82) is 0 Å². The fourth-order valence-corrected chi connectivity index (χ4v) is 1.87. The van der Waals surface area contributed by atoms with Gasteiger partial charge in [0.15, 0.2) is 0 Å². The number of aryl methyl sites for hydroxylation is 1. The van der Waals surface area contributed by atoms with E-state index in [2.05, 4.69) is 5.10 Å². The summed E-state index contributed by atoms with van der Waals surface area (Å²) < 4.78 is 0. The summed E-state index contributed by atoms with van der Waals surface area (Å²) in [5.41, 5.74) is 3.12. The van der Waals surface area contributed by atoms with Crippen LogP contribution in [0.2, 0.25) is 0 Å². The number of hydrazone groups is 1. The van der Waals surface area contributed by atoms with Gasteiger partial charge in [0.05, 0.1) is 16.8 Å². The minimum atomic E-state index is -0.411. The maximum absolute atomic E-state index is 10.6. The third-order valence-electron chi connectivity index (χ3n) is 3.08. The molecular formula is C16H17N3O2. The molecule has 5 nitrogen and oxygen atoms in total. The van der Waals surface area contributed by atoms with Crippen LogP contribution < -0.4 is 5.01 Å². The summed E-state index contributed by atoms with van der Waals surface area (Å²) in [5, 5.41) is 16.9. The average molecular weight is 283 g/mol. The van der Waals surface area contributed by atoms with Crippen molar-refractivity contribution < 1.29 is 4.92 Å². The van der Waals surface area contributed by atoms with Gasteiger partial charge in [-0.05, 0) is 43.7 Å². The van der Waals surface area contributed by atoms with Crippen molar-refractivity contribution in [3.05, 3.63) is 69.8 Å². The van der Waals surface area contributed by atoms with Gasteiger partial charge in [0, 0.05) is 18.7 Å². The maximum atomic E-state index is 10.6. The summed E-state index contributed by atoms with van der Waals surface area (Å²) in [6.45, 7) is 4.81. The number of nitro benzene ring substituents is 1. The highest BCUT2D eigenvalue weighted by molar-refractivity contribution is 5.80. The standard InChI is InChI=1S/C16H17N3O2/c1-3-18(15-8-4-13(2)5-9-15)17-12-14-6-10-16(11-7-14)19(20)21/h4-12H,3H2,1-2H3/b17-12-. The van der Waals surface area contributed by atoms with E-state index in [1.165, 1.54) is 17.7 Å². The van der Waals surface area contributed by atoms with Crippen LogP contribution in [-0.2, 0) is 0 Å². The van der Waals surface area contributed by atoms with Crippen molar-refractivity contribution >= 4 is 17.6 Å². The molecule has 0 N–H and O–H groups in total. The average Bonchev–Trinajstić information content (AvgIpc) is 2.50. The molecule has 0 atom stereocenters. The first kappa shape index (κ1) is 14.7. The van der Waals surface area contributed by atoms with Gasteiger partial charge < -0.3 is 0 Å². The lowest BCUT2D eigenvalue weighted by Crippen LogP contribution is -2.15. The van der Waals surface area contributed by atoms with Crippen molar-refractivity contribution in [2.24, 2.45) is 5.10 Å². The Morgan fingerprint density at radius 1 is 1.14 bits per heavy atom. The van der Waals surface area contributed by atoms with E-state index in [9.17, 15) is 10.1 Å². The van der Waals surface area contributed by atoms with Crippen molar-refractivity contribution in [2.75, 3.05) is 11.6 Å². The Kier molecular flexibility index (Phi) is 4.66. The summed E-state index contributed by atoms with van der Waals surface area (Å²) in [6.07, 6.45) is 1.70. The Balaban J connectivity index is 2.13. The van der Waals surface area contributed by atoms with Crippen LogP contribution in [-0.4, -0.2) is 17.7 Å². The second-order valence-electron chi connectivity index (χ2n) is 4.64. The Labute approximate surface area is 123 Å². The number of hydrogen-bond donors (Lipinski definition) is 0. The highest BCUT2D eigenvalue weighted by atomic mass is 16.6. The molecule has 0 aliphatic carbocycles. The van der Waals surface area contributed by atoms with Gasteiger partial charge in [-0.15, -0.1) is 0 Å². The van der Waals surface area contributed by atoms with Crippen LogP contribution in [0.4, 0.5) is 11.4 Å². The third kappa shape index (κ3) is 3.89. The molecule has 0 saturated carbocycles. The van der Waals surface area contributed by atoms with Crippen LogP contribution in [0.25, 0.3) is 0 Å². The Morgan fingerprint density at radius 3 is 2.29 bits per heavy atom. The highest BCUT2D eigenvalue weighted by Crippen LogP contribution is 2.15. The van der Waals surface area contributed by atoms with Gasteiger partial charge >= 0.3 is 0 Å². The topological polar surface area (TPSA) is 58.7 Å². The predicted molar refractivity (Wildman–Crippen MR) is 84.9 cm³/mol. The number of nitro groups is 1. The molecule has 0 aliphatic heterocycles. The lowest BCUT2D eigenvalue weighted by atomic mass is 10.2. The number of rotatable bonds is 5. The second-order valence-corrected chi connectivity index (χ2v) is 4.64. The van der Waals surface area contributed by atoms with E-state index in [0.717, 1.165) is 17.8 Å². The van der Waals surface area contributed by atoms with Crippen LogP contribution in [0.15, 0.2) is 53.6 Å². The maximum Gasteiger partial charge on any atom is 0.269 e. The van der Waals surface area contributed by atoms with Crippen LogP contribution in [0.3, 0.4) is 0 Å². The first-order chi connectivity index (χ1) is 10.1. The Hall–Kier alpha value is -2.69. The summed E-state index contributed by atoms with van der Waals surface area (Å²) >= 11 is 0. The number of non-ortho nitro benzene ring substituents is 1. The summed E-state index contributed by atoms with van der Waals surface area (Å²) in [4.78, 5) is 10.2. The number of anilines is 1. The molecule has 5 heteroatoms. The second kappa shape index (κ2) is 6.65. The zero-order valence-electron chi connectivity index (χ0n) is 12.1. The Morgan fingerprint density at radius 2 is 1.76 bits per heavy atom. The SMILES string of the molecule is CCN(/N=C\c1ccc([N+](=O)[O-])cc1)c1ccc(C)cc1. The smallest absolute Gasteiger partial charge is 0.266 e. The van der Waals surface area contributed by atoms with Crippen LogP contribution in [0, 0.1) is 17.0 Å². The molecule has 108 valence electrons. The van der Waals surface area contributed by atoms with Crippen molar-refractivity contribution in [3.63, 3.8) is 0 Å². The number of hydrogen-bond acceptors (Lipinski definition) is 4. The molecule has 0 amide bonds. The van der Waals surface area contributed by atoms with E-state index in [4.69, 9.17) is 0 Å². The van der Waals surface area contributed by atoms with Gasteiger partial charge in [0.25, 0.3) is 5.69 Å².